The number of sulfonamides is 1. The van der Waals surface area contributed by atoms with Crippen LogP contribution in [0.25, 0.3) is 0 Å². The number of hydrogen-bond donors (Lipinski definition) is 1. The summed E-state index contributed by atoms with van der Waals surface area (Å²) in [5.41, 5.74) is -0.483. The van der Waals surface area contributed by atoms with E-state index in [0.717, 1.165) is 24.3 Å². The van der Waals surface area contributed by atoms with Crippen LogP contribution in [0, 0.1) is 17.5 Å². The highest BCUT2D eigenvalue weighted by atomic mass is 32.2. The minimum atomic E-state index is -4.47. The molecule has 3 aromatic rings. The number of halogens is 3. The summed E-state index contributed by atoms with van der Waals surface area (Å²) < 4.78 is 78.8. The first-order chi connectivity index (χ1) is 15.7. The van der Waals surface area contributed by atoms with Crippen molar-refractivity contribution in [1.29, 1.82) is 0 Å². The van der Waals surface area contributed by atoms with Gasteiger partial charge in [0, 0.05) is 17.8 Å². The molecule has 0 spiro atoms. The molecule has 0 atom stereocenters. The van der Waals surface area contributed by atoms with E-state index in [1.165, 1.54) is 50.6 Å². The Balaban J connectivity index is 2.00. The number of carbonyl (C=O) groups is 1. The molecule has 0 aliphatic heterocycles. The number of benzene rings is 3. The Labute approximate surface area is 188 Å². The SMILES string of the molecule is COc1ccc(S(=O)(=O)N(CC(=O)Nc2ccc(F)c(F)c2)c2ccccc2F)cc1OC. The maximum absolute atomic E-state index is 14.6. The average molecular weight is 480 g/mol. The standard InChI is InChI=1S/C22H19F3N2O5S/c1-31-20-10-8-15(12-21(20)32-2)33(29,30)27(19-6-4-3-5-17(19)24)13-22(28)26-14-7-9-16(23)18(25)11-14/h3-12H,13H2,1-2H3,(H,26,28). The number of para-hydroxylation sites is 1. The Morgan fingerprint density at radius 1 is 0.879 bits per heavy atom. The number of rotatable bonds is 8. The van der Waals surface area contributed by atoms with Crippen molar-refractivity contribution < 1.29 is 35.9 Å². The minimum absolute atomic E-state index is 0.101. The second-order valence-electron chi connectivity index (χ2n) is 6.66. The number of carbonyl (C=O) groups excluding carboxylic acids is 1. The molecule has 0 unspecified atom stereocenters. The topological polar surface area (TPSA) is 84.9 Å². The fraction of sp³-hybridized carbons (Fsp3) is 0.136. The maximum atomic E-state index is 14.6. The number of hydrogen-bond acceptors (Lipinski definition) is 5. The quantitative estimate of drug-likeness (QED) is 0.528. The summed E-state index contributed by atoms with van der Waals surface area (Å²) >= 11 is 0. The van der Waals surface area contributed by atoms with Gasteiger partial charge < -0.3 is 14.8 Å². The zero-order valence-corrected chi connectivity index (χ0v) is 18.3. The van der Waals surface area contributed by atoms with Gasteiger partial charge in [0.05, 0.1) is 24.8 Å². The lowest BCUT2D eigenvalue weighted by molar-refractivity contribution is -0.114. The van der Waals surface area contributed by atoms with Gasteiger partial charge in [-0.1, -0.05) is 12.1 Å². The molecule has 0 aliphatic rings. The highest BCUT2D eigenvalue weighted by molar-refractivity contribution is 7.92. The molecule has 0 radical (unpaired) electrons. The van der Waals surface area contributed by atoms with Gasteiger partial charge in [0.2, 0.25) is 5.91 Å². The molecule has 0 aromatic heterocycles. The van der Waals surface area contributed by atoms with Crippen molar-refractivity contribution in [3.63, 3.8) is 0 Å². The predicted molar refractivity (Wildman–Crippen MR) is 115 cm³/mol. The first-order valence-corrected chi connectivity index (χ1v) is 10.9. The number of nitrogens with zero attached hydrogens (tertiary/aromatic N) is 1. The highest BCUT2D eigenvalue weighted by Crippen LogP contribution is 2.33. The molecule has 3 aromatic carbocycles. The average Bonchev–Trinajstić information content (AvgIpc) is 2.80. The van der Waals surface area contributed by atoms with Crippen LogP contribution in [0.2, 0.25) is 0 Å². The van der Waals surface area contributed by atoms with Crippen LogP contribution in [0.1, 0.15) is 0 Å². The van der Waals surface area contributed by atoms with Crippen molar-refractivity contribution in [1.82, 2.24) is 0 Å². The number of amides is 1. The Morgan fingerprint density at radius 3 is 2.21 bits per heavy atom. The third kappa shape index (κ3) is 5.20. The van der Waals surface area contributed by atoms with Crippen LogP contribution >= 0.6 is 0 Å². The molecule has 1 amide bonds. The Morgan fingerprint density at radius 2 is 1.58 bits per heavy atom. The zero-order valence-electron chi connectivity index (χ0n) is 17.5. The summed E-state index contributed by atoms with van der Waals surface area (Å²) in [7, 11) is -1.78. The van der Waals surface area contributed by atoms with Crippen LogP contribution in [-0.2, 0) is 14.8 Å². The van der Waals surface area contributed by atoms with Gasteiger partial charge in [0.25, 0.3) is 10.0 Å². The predicted octanol–water partition coefficient (Wildman–Crippen LogP) is 3.96. The molecular formula is C22H19F3N2O5S. The molecule has 7 nitrogen and oxygen atoms in total. The number of ether oxygens (including phenoxy) is 2. The van der Waals surface area contributed by atoms with Crippen molar-refractivity contribution in [2.24, 2.45) is 0 Å². The van der Waals surface area contributed by atoms with Gasteiger partial charge in [0.1, 0.15) is 12.4 Å². The van der Waals surface area contributed by atoms with E-state index in [1.54, 1.807) is 0 Å². The fourth-order valence-electron chi connectivity index (χ4n) is 2.96. The number of methoxy groups -OCH3 is 2. The second-order valence-corrected chi connectivity index (χ2v) is 8.52. The largest absolute Gasteiger partial charge is 0.493 e. The molecule has 33 heavy (non-hydrogen) atoms. The van der Waals surface area contributed by atoms with Crippen molar-refractivity contribution in [2.45, 2.75) is 4.90 Å². The van der Waals surface area contributed by atoms with Gasteiger partial charge >= 0.3 is 0 Å². The van der Waals surface area contributed by atoms with E-state index in [1.807, 2.05) is 0 Å². The molecule has 11 heteroatoms. The number of anilines is 2. The minimum Gasteiger partial charge on any atom is -0.493 e. The van der Waals surface area contributed by atoms with Crippen LogP contribution in [0.4, 0.5) is 24.5 Å². The molecule has 174 valence electrons. The molecule has 0 aliphatic carbocycles. The maximum Gasteiger partial charge on any atom is 0.265 e. The van der Waals surface area contributed by atoms with Crippen molar-refractivity contribution in [3.8, 4) is 11.5 Å². The fourth-order valence-corrected chi connectivity index (χ4v) is 4.41. The molecule has 0 fully saturated rings. The Bertz CT molecular complexity index is 1280. The highest BCUT2D eigenvalue weighted by Gasteiger charge is 2.30. The zero-order chi connectivity index (χ0) is 24.2. The normalized spacial score (nSPS) is 11.1. The van der Waals surface area contributed by atoms with Crippen molar-refractivity contribution in [2.75, 3.05) is 30.4 Å². The van der Waals surface area contributed by atoms with E-state index in [2.05, 4.69) is 5.32 Å². The van der Waals surface area contributed by atoms with E-state index < -0.39 is 39.9 Å². The summed E-state index contributed by atoms with van der Waals surface area (Å²) in [6.07, 6.45) is 0. The molecule has 0 saturated heterocycles. The lowest BCUT2D eigenvalue weighted by Crippen LogP contribution is -2.38. The first-order valence-electron chi connectivity index (χ1n) is 9.41. The van der Waals surface area contributed by atoms with Crippen LogP contribution in [-0.4, -0.2) is 35.1 Å². The van der Waals surface area contributed by atoms with Crippen molar-refractivity contribution in [3.05, 3.63) is 78.1 Å². The molecule has 0 saturated carbocycles. The smallest absolute Gasteiger partial charge is 0.265 e. The lowest BCUT2D eigenvalue weighted by atomic mass is 10.3. The lowest BCUT2D eigenvalue weighted by Gasteiger charge is -2.25. The van der Waals surface area contributed by atoms with Gasteiger partial charge in [-0.15, -0.1) is 0 Å². The molecule has 1 N–H and O–H groups in total. The summed E-state index contributed by atoms with van der Waals surface area (Å²) in [4.78, 5) is 12.3. The van der Waals surface area contributed by atoms with E-state index in [-0.39, 0.29) is 27.8 Å². The van der Waals surface area contributed by atoms with E-state index in [9.17, 15) is 26.4 Å². The van der Waals surface area contributed by atoms with E-state index >= 15 is 0 Å². The number of nitrogens with one attached hydrogen (secondary N) is 1. The van der Waals surface area contributed by atoms with Crippen LogP contribution in [0.5, 0.6) is 11.5 Å². The second kappa shape index (κ2) is 9.82. The third-order valence-electron chi connectivity index (χ3n) is 4.55. The van der Waals surface area contributed by atoms with Gasteiger partial charge in [-0.05, 0) is 36.4 Å². The first kappa shape index (κ1) is 23.9. The monoisotopic (exact) mass is 480 g/mol. The molecular weight excluding hydrogens is 461 g/mol. The molecule has 0 bridgehead atoms. The molecule has 3 rings (SSSR count). The summed E-state index contributed by atoms with van der Waals surface area (Å²) in [6.45, 7) is -0.851. The van der Waals surface area contributed by atoms with Crippen LogP contribution in [0.3, 0.4) is 0 Å². The van der Waals surface area contributed by atoms with E-state index in [4.69, 9.17) is 9.47 Å². The third-order valence-corrected chi connectivity index (χ3v) is 6.31. The Kier molecular flexibility index (Phi) is 7.12. The summed E-state index contributed by atoms with van der Waals surface area (Å²) in [6, 6.07) is 11.4. The van der Waals surface area contributed by atoms with Crippen LogP contribution in [0.15, 0.2) is 65.6 Å². The van der Waals surface area contributed by atoms with E-state index in [0.29, 0.717) is 4.31 Å². The van der Waals surface area contributed by atoms with Gasteiger partial charge in [0.15, 0.2) is 23.1 Å². The van der Waals surface area contributed by atoms with Gasteiger partial charge in [-0.25, -0.2) is 21.6 Å². The Hall–Kier alpha value is -3.73. The summed E-state index contributed by atoms with van der Waals surface area (Å²) in [5.74, 6) is -3.73. The van der Waals surface area contributed by atoms with Crippen molar-refractivity contribution >= 4 is 27.3 Å². The van der Waals surface area contributed by atoms with Gasteiger partial charge in [-0.3, -0.25) is 9.10 Å². The van der Waals surface area contributed by atoms with Crippen LogP contribution < -0.4 is 19.1 Å². The van der Waals surface area contributed by atoms with Gasteiger partial charge in [-0.2, -0.15) is 0 Å². The molecule has 0 heterocycles. The summed E-state index contributed by atoms with van der Waals surface area (Å²) in [5, 5.41) is 2.28.